The number of nitrogens with zero attached hydrogens (tertiary/aromatic N) is 2. The van der Waals surface area contributed by atoms with Gasteiger partial charge in [0.15, 0.2) is 0 Å². The maximum atomic E-state index is 13.3. The van der Waals surface area contributed by atoms with Crippen molar-refractivity contribution in [2.24, 2.45) is 0 Å². The molecule has 140 valence electrons. The molecule has 0 unspecified atom stereocenters. The van der Waals surface area contributed by atoms with E-state index in [1.54, 1.807) is 21.6 Å². The van der Waals surface area contributed by atoms with Gasteiger partial charge in [-0.15, -0.1) is 11.8 Å². The van der Waals surface area contributed by atoms with Crippen LogP contribution in [0.25, 0.3) is 0 Å². The van der Waals surface area contributed by atoms with Gasteiger partial charge in [-0.05, 0) is 40.0 Å². The Labute approximate surface area is 152 Å². The molecule has 0 aromatic heterocycles. The molecule has 3 saturated heterocycles. The van der Waals surface area contributed by atoms with Gasteiger partial charge in [0, 0.05) is 18.7 Å². The molecule has 7 nitrogen and oxygen atoms in total. The zero-order chi connectivity index (χ0) is 18.4. The number of likely N-dealkylation sites (tertiary alicyclic amines) is 1. The van der Waals surface area contributed by atoms with Crippen LogP contribution in [-0.2, 0) is 19.1 Å². The zero-order valence-corrected chi connectivity index (χ0v) is 16.1. The molecule has 8 heteroatoms. The van der Waals surface area contributed by atoms with Crippen LogP contribution < -0.4 is 0 Å². The van der Waals surface area contributed by atoms with E-state index in [0.29, 0.717) is 25.1 Å². The van der Waals surface area contributed by atoms with Crippen LogP contribution in [0.5, 0.6) is 0 Å². The number of hydrogen-bond acceptors (Lipinski definition) is 6. The second-order valence-corrected chi connectivity index (χ2v) is 9.07. The number of carbonyl (C=O) groups excluding carboxylic acids is 3. The van der Waals surface area contributed by atoms with Crippen LogP contribution in [0.2, 0.25) is 0 Å². The first-order valence-corrected chi connectivity index (χ1v) is 9.77. The summed E-state index contributed by atoms with van der Waals surface area (Å²) in [5.74, 6) is 0.0227. The van der Waals surface area contributed by atoms with Gasteiger partial charge in [-0.25, -0.2) is 9.59 Å². The SMILES string of the molecule is COC(=O)[C@H]1CS[C@H]2C[C@]3(CCCCN3C(=O)OC(C)(C)C)C(=O)N21. The van der Waals surface area contributed by atoms with Gasteiger partial charge in [-0.3, -0.25) is 9.69 Å². The molecule has 0 radical (unpaired) electrons. The Bertz CT molecular complexity index is 590. The lowest BCUT2D eigenvalue weighted by atomic mass is 9.85. The van der Waals surface area contributed by atoms with Gasteiger partial charge in [0.1, 0.15) is 17.2 Å². The fraction of sp³-hybridized carbons (Fsp3) is 0.824. The van der Waals surface area contributed by atoms with E-state index in [1.807, 2.05) is 20.8 Å². The van der Waals surface area contributed by atoms with Gasteiger partial charge in [0.05, 0.1) is 12.5 Å². The molecule has 3 rings (SSSR count). The molecule has 3 atom stereocenters. The summed E-state index contributed by atoms with van der Waals surface area (Å²) in [4.78, 5) is 41.4. The monoisotopic (exact) mass is 370 g/mol. The Balaban J connectivity index is 1.88. The minimum Gasteiger partial charge on any atom is -0.467 e. The second kappa shape index (κ2) is 6.37. The third-order valence-corrected chi connectivity index (χ3v) is 6.35. The summed E-state index contributed by atoms with van der Waals surface area (Å²) in [5.41, 5.74) is -1.50. The molecule has 0 N–H and O–H groups in total. The zero-order valence-electron chi connectivity index (χ0n) is 15.2. The molecule has 3 fully saturated rings. The highest BCUT2D eigenvalue weighted by atomic mass is 32.2. The van der Waals surface area contributed by atoms with Crippen molar-refractivity contribution in [2.45, 2.75) is 69.0 Å². The lowest BCUT2D eigenvalue weighted by Crippen LogP contribution is -2.60. The van der Waals surface area contributed by atoms with Crippen LogP contribution in [-0.4, -0.2) is 69.7 Å². The maximum Gasteiger partial charge on any atom is 0.411 e. The standard InChI is InChI=1S/C17H26N2O5S/c1-16(2,3)24-15(22)18-8-6-5-7-17(18)9-12-19(14(17)21)11(10-25-12)13(20)23-4/h11-12H,5-10H2,1-4H3/t11-,12+,17-/m1/s1. The van der Waals surface area contributed by atoms with Crippen molar-refractivity contribution in [3.8, 4) is 0 Å². The number of carbonyl (C=O) groups is 3. The summed E-state index contributed by atoms with van der Waals surface area (Å²) >= 11 is 1.59. The van der Waals surface area contributed by atoms with Crippen LogP contribution in [0.4, 0.5) is 4.79 Å². The molecule has 3 aliphatic heterocycles. The highest BCUT2D eigenvalue weighted by Crippen LogP contribution is 2.48. The highest BCUT2D eigenvalue weighted by molar-refractivity contribution is 8.00. The predicted octanol–water partition coefficient (Wildman–Crippen LogP) is 1.99. The van der Waals surface area contributed by atoms with Gasteiger partial charge in [0.2, 0.25) is 5.91 Å². The van der Waals surface area contributed by atoms with Crippen molar-refractivity contribution in [2.75, 3.05) is 19.4 Å². The Morgan fingerprint density at radius 2 is 2.00 bits per heavy atom. The minimum absolute atomic E-state index is 0.0837. The third kappa shape index (κ3) is 3.09. The van der Waals surface area contributed by atoms with Crippen LogP contribution in [0, 0.1) is 0 Å². The Hall–Kier alpha value is -1.44. The molecular formula is C17H26N2O5S. The third-order valence-electron chi connectivity index (χ3n) is 5.06. The van der Waals surface area contributed by atoms with Gasteiger partial charge >= 0.3 is 12.1 Å². The number of rotatable bonds is 1. The van der Waals surface area contributed by atoms with E-state index in [2.05, 4.69) is 0 Å². The topological polar surface area (TPSA) is 76.1 Å². The van der Waals surface area contributed by atoms with Crippen molar-refractivity contribution in [1.82, 2.24) is 9.80 Å². The molecule has 0 saturated carbocycles. The highest BCUT2D eigenvalue weighted by Gasteiger charge is 2.62. The molecule has 1 spiro atoms. The van der Waals surface area contributed by atoms with Gasteiger partial charge in [-0.2, -0.15) is 0 Å². The second-order valence-electron chi connectivity index (χ2n) is 7.86. The fourth-order valence-corrected chi connectivity index (χ4v) is 5.48. The van der Waals surface area contributed by atoms with E-state index in [-0.39, 0.29) is 17.3 Å². The average Bonchev–Trinajstić information content (AvgIpc) is 3.05. The van der Waals surface area contributed by atoms with Crippen molar-refractivity contribution in [1.29, 1.82) is 0 Å². The van der Waals surface area contributed by atoms with Gasteiger partial charge in [-0.1, -0.05) is 0 Å². The molecular weight excluding hydrogens is 344 g/mol. The molecule has 0 aromatic carbocycles. The van der Waals surface area contributed by atoms with Crippen LogP contribution in [0.15, 0.2) is 0 Å². The van der Waals surface area contributed by atoms with Crippen molar-refractivity contribution in [3.05, 3.63) is 0 Å². The molecule has 25 heavy (non-hydrogen) atoms. The van der Waals surface area contributed by atoms with Crippen molar-refractivity contribution in [3.63, 3.8) is 0 Å². The molecule has 0 aliphatic carbocycles. The lowest BCUT2D eigenvalue weighted by molar-refractivity contribution is -0.153. The largest absolute Gasteiger partial charge is 0.467 e. The number of piperidine rings is 1. The van der Waals surface area contributed by atoms with Crippen LogP contribution >= 0.6 is 11.8 Å². The van der Waals surface area contributed by atoms with Crippen LogP contribution in [0.3, 0.4) is 0 Å². The van der Waals surface area contributed by atoms with E-state index in [4.69, 9.17) is 9.47 Å². The molecule has 0 aromatic rings. The number of fused-ring (bicyclic) bond motifs is 1. The normalized spacial score (nSPS) is 32.1. The number of thioether (sulfide) groups is 1. The van der Waals surface area contributed by atoms with E-state index >= 15 is 0 Å². The molecule has 3 heterocycles. The smallest absolute Gasteiger partial charge is 0.411 e. The number of esters is 1. The number of ether oxygens (including phenoxy) is 2. The maximum absolute atomic E-state index is 13.3. The summed E-state index contributed by atoms with van der Waals surface area (Å²) in [6, 6.07) is -0.561. The summed E-state index contributed by atoms with van der Waals surface area (Å²) < 4.78 is 10.4. The quantitative estimate of drug-likeness (QED) is 0.657. The number of hydrogen-bond donors (Lipinski definition) is 0. The summed E-state index contributed by atoms with van der Waals surface area (Å²) in [6.07, 6.45) is 2.46. The molecule has 2 amide bonds. The Morgan fingerprint density at radius 1 is 1.28 bits per heavy atom. The Morgan fingerprint density at radius 3 is 2.64 bits per heavy atom. The van der Waals surface area contributed by atoms with E-state index < -0.39 is 23.3 Å². The predicted molar refractivity (Wildman–Crippen MR) is 93.0 cm³/mol. The molecule has 3 aliphatic rings. The first kappa shape index (κ1) is 18.4. The minimum atomic E-state index is -0.884. The molecule has 0 bridgehead atoms. The van der Waals surface area contributed by atoms with E-state index in [1.165, 1.54) is 7.11 Å². The van der Waals surface area contributed by atoms with Gasteiger partial charge in [0.25, 0.3) is 0 Å². The fourth-order valence-electron chi connectivity index (χ4n) is 3.98. The summed E-state index contributed by atoms with van der Waals surface area (Å²) in [5, 5.41) is -0.0837. The Kier molecular flexibility index (Phi) is 4.68. The van der Waals surface area contributed by atoms with Crippen molar-refractivity contribution < 1.29 is 23.9 Å². The van der Waals surface area contributed by atoms with E-state index in [9.17, 15) is 14.4 Å². The average molecular weight is 370 g/mol. The summed E-state index contributed by atoms with van der Waals surface area (Å²) in [7, 11) is 1.34. The van der Waals surface area contributed by atoms with Gasteiger partial charge < -0.3 is 14.4 Å². The first-order chi connectivity index (χ1) is 11.7. The van der Waals surface area contributed by atoms with E-state index in [0.717, 1.165) is 12.8 Å². The number of methoxy groups -OCH3 is 1. The van der Waals surface area contributed by atoms with Crippen LogP contribution in [0.1, 0.15) is 46.5 Å². The lowest BCUT2D eigenvalue weighted by Gasteiger charge is -2.43. The number of amides is 2. The van der Waals surface area contributed by atoms with Crippen molar-refractivity contribution >= 4 is 29.7 Å². The summed E-state index contributed by atoms with van der Waals surface area (Å²) in [6.45, 7) is 5.97. The first-order valence-electron chi connectivity index (χ1n) is 8.72.